The molecule has 1 fully saturated rings. The summed E-state index contributed by atoms with van der Waals surface area (Å²) in [5.41, 5.74) is 0. The first-order valence-electron chi connectivity index (χ1n) is 6.33. The van der Waals surface area contributed by atoms with Crippen molar-refractivity contribution in [3.05, 3.63) is 24.3 Å². The summed E-state index contributed by atoms with van der Waals surface area (Å²) in [5.74, 6) is 1.41. The first kappa shape index (κ1) is 11.3. The van der Waals surface area contributed by atoms with Crippen LogP contribution < -0.4 is 14.8 Å². The quantitative estimate of drug-likeness (QED) is 0.711. The molecule has 0 bridgehead atoms. The van der Waals surface area contributed by atoms with Gasteiger partial charge in [-0.2, -0.15) is 0 Å². The number of carbonyl (C=O) groups is 1. The Labute approximate surface area is 106 Å². The number of benzene rings is 1. The van der Waals surface area contributed by atoms with E-state index in [1.165, 1.54) is 0 Å². The van der Waals surface area contributed by atoms with Crippen LogP contribution in [0.2, 0.25) is 0 Å². The predicted molar refractivity (Wildman–Crippen MR) is 64.6 cm³/mol. The lowest BCUT2D eigenvalue weighted by molar-refractivity contribution is -0.662. The van der Waals surface area contributed by atoms with Crippen molar-refractivity contribution in [1.29, 1.82) is 0 Å². The second kappa shape index (κ2) is 4.86. The average Bonchev–Trinajstić information content (AvgIpc) is 2.47. The number of ether oxygens (including phenoxy) is 2. The number of nitrogens with two attached hydrogens (primary N) is 1. The minimum Gasteiger partial charge on any atom is -0.485 e. The second-order valence-electron chi connectivity index (χ2n) is 4.56. The highest BCUT2D eigenvalue weighted by molar-refractivity contribution is 5.82. The van der Waals surface area contributed by atoms with Gasteiger partial charge in [-0.3, -0.25) is 4.79 Å². The van der Waals surface area contributed by atoms with Gasteiger partial charge in [-0.05, 0) is 12.1 Å². The molecule has 5 nitrogen and oxygen atoms in total. The largest absolute Gasteiger partial charge is 0.485 e. The van der Waals surface area contributed by atoms with E-state index in [9.17, 15) is 4.79 Å². The lowest BCUT2D eigenvalue weighted by atomic mass is 10.2. The third-order valence-corrected chi connectivity index (χ3v) is 3.30. The van der Waals surface area contributed by atoms with Gasteiger partial charge in [0.25, 0.3) is 5.91 Å². The Morgan fingerprint density at radius 3 is 2.72 bits per heavy atom. The molecule has 1 amide bonds. The van der Waals surface area contributed by atoms with Crippen molar-refractivity contribution in [3.8, 4) is 11.5 Å². The summed E-state index contributed by atoms with van der Waals surface area (Å²) in [5, 5.41) is 2.22. The van der Waals surface area contributed by atoms with Gasteiger partial charge in [-0.15, -0.1) is 0 Å². The fourth-order valence-corrected chi connectivity index (χ4v) is 2.32. The molecule has 5 heteroatoms. The van der Waals surface area contributed by atoms with E-state index in [-0.39, 0.29) is 5.91 Å². The van der Waals surface area contributed by atoms with Crippen LogP contribution in [0.25, 0.3) is 0 Å². The first-order valence-corrected chi connectivity index (χ1v) is 6.33. The molecule has 0 unspecified atom stereocenters. The van der Waals surface area contributed by atoms with Crippen LogP contribution >= 0.6 is 0 Å². The molecule has 18 heavy (non-hydrogen) atoms. The normalized spacial score (nSPS) is 22.7. The Hall–Kier alpha value is -1.75. The summed E-state index contributed by atoms with van der Waals surface area (Å²) in [6, 6.07) is 7.46. The molecule has 1 saturated heterocycles. The number of carbonyl (C=O) groups excluding carboxylic acids is 1. The number of rotatable bonds is 1. The Bertz CT molecular complexity index is 444. The maximum Gasteiger partial charge on any atom is 0.267 e. The van der Waals surface area contributed by atoms with Crippen molar-refractivity contribution in [2.45, 2.75) is 6.10 Å². The van der Waals surface area contributed by atoms with Gasteiger partial charge >= 0.3 is 0 Å². The van der Waals surface area contributed by atoms with Crippen LogP contribution in [0.15, 0.2) is 24.3 Å². The monoisotopic (exact) mass is 249 g/mol. The molecule has 2 heterocycles. The molecule has 2 N–H and O–H groups in total. The van der Waals surface area contributed by atoms with Gasteiger partial charge in [-0.1, -0.05) is 12.1 Å². The SMILES string of the molecule is O=C([C@@H]1COc2ccccc2O1)N1CC[NH2+]CC1. The van der Waals surface area contributed by atoms with E-state index in [1.807, 2.05) is 29.2 Å². The number of fused-ring (bicyclic) bond motifs is 1. The van der Waals surface area contributed by atoms with Crippen molar-refractivity contribution < 1.29 is 19.6 Å². The maximum atomic E-state index is 12.3. The topological polar surface area (TPSA) is 55.4 Å². The van der Waals surface area contributed by atoms with Crippen molar-refractivity contribution in [3.63, 3.8) is 0 Å². The Morgan fingerprint density at radius 1 is 1.22 bits per heavy atom. The number of nitrogens with zero attached hydrogens (tertiary/aromatic N) is 1. The number of hydrogen-bond acceptors (Lipinski definition) is 3. The van der Waals surface area contributed by atoms with E-state index < -0.39 is 6.10 Å². The number of quaternary nitrogens is 1. The zero-order valence-corrected chi connectivity index (χ0v) is 10.2. The van der Waals surface area contributed by atoms with E-state index >= 15 is 0 Å². The van der Waals surface area contributed by atoms with Crippen LogP contribution in [0.5, 0.6) is 11.5 Å². The van der Waals surface area contributed by atoms with Crippen molar-refractivity contribution in [2.75, 3.05) is 32.8 Å². The zero-order chi connectivity index (χ0) is 12.4. The van der Waals surface area contributed by atoms with Crippen molar-refractivity contribution in [1.82, 2.24) is 4.90 Å². The van der Waals surface area contributed by atoms with Crippen LogP contribution in [0.4, 0.5) is 0 Å². The maximum absolute atomic E-state index is 12.3. The smallest absolute Gasteiger partial charge is 0.267 e. The van der Waals surface area contributed by atoms with Crippen LogP contribution in [-0.4, -0.2) is 49.7 Å². The minimum absolute atomic E-state index is 0.0394. The highest BCUT2D eigenvalue weighted by Crippen LogP contribution is 2.31. The number of amides is 1. The molecule has 96 valence electrons. The fraction of sp³-hybridized carbons (Fsp3) is 0.462. The number of piperazine rings is 1. The Kier molecular flexibility index (Phi) is 3.06. The van der Waals surface area contributed by atoms with E-state index in [0.717, 1.165) is 26.2 Å². The minimum atomic E-state index is -0.502. The molecule has 0 spiro atoms. The molecule has 3 rings (SSSR count). The van der Waals surface area contributed by atoms with Crippen molar-refractivity contribution >= 4 is 5.91 Å². The van der Waals surface area contributed by atoms with Crippen LogP contribution in [0, 0.1) is 0 Å². The molecule has 2 aliphatic rings. The van der Waals surface area contributed by atoms with E-state index in [1.54, 1.807) is 0 Å². The van der Waals surface area contributed by atoms with Gasteiger partial charge in [0, 0.05) is 0 Å². The molecule has 0 aliphatic carbocycles. The van der Waals surface area contributed by atoms with Crippen LogP contribution in [0.1, 0.15) is 0 Å². The van der Waals surface area contributed by atoms with E-state index in [4.69, 9.17) is 9.47 Å². The summed E-state index contributed by atoms with van der Waals surface area (Å²) >= 11 is 0. The lowest BCUT2D eigenvalue weighted by Gasteiger charge is -2.31. The van der Waals surface area contributed by atoms with Gasteiger partial charge in [-0.25, -0.2) is 0 Å². The third-order valence-electron chi connectivity index (χ3n) is 3.30. The van der Waals surface area contributed by atoms with E-state index in [0.29, 0.717) is 18.1 Å². The second-order valence-corrected chi connectivity index (χ2v) is 4.56. The average molecular weight is 249 g/mol. The zero-order valence-electron chi connectivity index (χ0n) is 10.2. The fourth-order valence-electron chi connectivity index (χ4n) is 2.32. The first-order chi connectivity index (χ1) is 8.84. The molecule has 0 aromatic heterocycles. The number of para-hydroxylation sites is 2. The van der Waals surface area contributed by atoms with Gasteiger partial charge in [0.1, 0.15) is 6.61 Å². The van der Waals surface area contributed by atoms with Gasteiger partial charge in [0.2, 0.25) is 6.10 Å². The summed E-state index contributed by atoms with van der Waals surface area (Å²) < 4.78 is 11.3. The molecular weight excluding hydrogens is 232 g/mol. The molecular formula is C13H17N2O3+. The molecule has 1 aromatic carbocycles. The van der Waals surface area contributed by atoms with Gasteiger partial charge in [0.05, 0.1) is 26.2 Å². The molecule has 0 radical (unpaired) electrons. The van der Waals surface area contributed by atoms with Crippen molar-refractivity contribution in [2.24, 2.45) is 0 Å². The third kappa shape index (κ3) is 2.13. The summed E-state index contributed by atoms with van der Waals surface area (Å²) in [4.78, 5) is 14.1. The summed E-state index contributed by atoms with van der Waals surface area (Å²) in [6.45, 7) is 3.82. The highest BCUT2D eigenvalue weighted by Gasteiger charge is 2.32. The Balaban J connectivity index is 1.69. The summed E-state index contributed by atoms with van der Waals surface area (Å²) in [6.07, 6.45) is -0.502. The molecule has 1 atom stereocenters. The highest BCUT2D eigenvalue weighted by atomic mass is 16.6. The van der Waals surface area contributed by atoms with Crippen LogP contribution in [0.3, 0.4) is 0 Å². The Morgan fingerprint density at radius 2 is 1.94 bits per heavy atom. The lowest BCUT2D eigenvalue weighted by Crippen LogP contribution is -2.90. The van der Waals surface area contributed by atoms with Crippen LogP contribution in [-0.2, 0) is 4.79 Å². The predicted octanol–water partition coefficient (Wildman–Crippen LogP) is -0.768. The molecule has 2 aliphatic heterocycles. The van der Waals surface area contributed by atoms with Gasteiger partial charge in [0.15, 0.2) is 11.5 Å². The number of hydrogen-bond donors (Lipinski definition) is 1. The standard InChI is InChI=1S/C13H16N2O3/c16-13(15-7-5-14-6-8-15)12-9-17-10-3-1-2-4-11(10)18-12/h1-4,12,14H,5-9H2/p+1/t12-/m0/s1. The molecule has 1 aromatic rings. The molecule has 0 saturated carbocycles. The van der Waals surface area contributed by atoms with E-state index in [2.05, 4.69) is 5.32 Å². The van der Waals surface area contributed by atoms with Gasteiger partial charge < -0.3 is 19.7 Å². The summed E-state index contributed by atoms with van der Waals surface area (Å²) in [7, 11) is 0.